The van der Waals surface area contributed by atoms with Gasteiger partial charge in [-0.3, -0.25) is 18.6 Å². The Morgan fingerprint density at radius 2 is 0.961 bits per heavy atom. The summed E-state index contributed by atoms with van der Waals surface area (Å²) in [5.74, 6) is -0.896. The molecule has 0 aromatic carbocycles. The lowest BCUT2D eigenvalue weighted by molar-refractivity contribution is -0.161. The smallest absolute Gasteiger partial charge is 0.462 e. The van der Waals surface area contributed by atoms with Gasteiger partial charge in [-0.05, 0) is 25.7 Å². The molecule has 0 spiro atoms. The van der Waals surface area contributed by atoms with E-state index in [4.69, 9.17) is 24.3 Å². The van der Waals surface area contributed by atoms with Crippen molar-refractivity contribution in [3.63, 3.8) is 0 Å². The van der Waals surface area contributed by atoms with Crippen LogP contribution in [0.5, 0.6) is 0 Å². The number of hydrogen-bond donors (Lipinski definition) is 4. The van der Waals surface area contributed by atoms with Gasteiger partial charge in [0.1, 0.15) is 6.61 Å². The zero-order valence-electron chi connectivity index (χ0n) is 32.6. The molecule has 0 bridgehead atoms. The number of aliphatic hydroxyl groups is 2. The molecule has 0 aliphatic carbocycles. The number of phosphoric ester groups is 1. The van der Waals surface area contributed by atoms with Gasteiger partial charge in [-0.2, -0.15) is 0 Å². The summed E-state index contributed by atoms with van der Waals surface area (Å²) in [4.78, 5) is 34.8. The van der Waals surface area contributed by atoms with Crippen LogP contribution >= 0.6 is 7.82 Å². The summed E-state index contributed by atoms with van der Waals surface area (Å²) in [6.45, 7) is 3.53. The molecule has 0 heterocycles. The minimum absolute atomic E-state index is 0.0373. The van der Waals surface area contributed by atoms with E-state index in [1.165, 1.54) is 64.2 Å². The van der Waals surface area contributed by atoms with E-state index >= 15 is 0 Å². The highest BCUT2D eigenvalue weighted by Gasteiger charge is 2.26. The van der Waals surface area contributed by atoms with Crippen LogP contribution in [-0.2, 0) is 32.7 Å². The number of rotatable bonds is 39. The maximum atomic E-state index is 12.6. The second-order valence-electron chi connectivity index (χ2n) is 14.2. The highest BCUT2D eigenvalue weighted by Crippen LogP contribution is 2.43. The summed E-state index contributed by atoms with van der Waals surface area (Å²) >= 11 is 0. The van der Waals surface area contributed by atoms with E-state index in [1.54, 1.807) is 0 Å². The number of nitrogens with two attached hydrogens (primary N) is 1. The molecule has 0 rings (SSSR count). The Labute approximate surface area is 311 Å². The summed E-state index contributed by atoms with van der Waals surface area (Å²) in [6.07, 6.45) is 25.9. The number of phosphoric acid groups is 1. The molecule has 11 nitrogen and oxygen atoms in total. The van der Waals surface area contributed by atoms with E-state index < -0.39 is 44.7 Å². The standard InChI is InChI=1S/C39H78NO10P/c1-3-5-7-9-10-11-12-13-14-15-18-21-25-29-38(43)47-33-35(34-49-51(45,46)48-32-31-40)50-39(44)30-26-22-19-16-17-20-24-28-37(42)36(41)27-23-8-6-4-2/h35-37,41-42H,3-34,40H2,1-2H3,(H,45,46)/t35-,36?,37?/m1/s1. The van der Waals surface area contributed by atoms with E-state index in [2.05, 4.69) is 13.8 Å². The van der Waals surface area contributed by atoms with Crippen molar-refractivity contribution in [2.45, 2.75) is 212 Å². The average Bonchev–Trinajstić information content (AvgIpc) is 3.11. The van der Waals surface area contributed by atoms with E-state index in [9.17, 15) is 29.3 Å². The largest absolute Gasteiger partial charge is 0.472 e. The predicted octanol–water partition coefficient (Wildman–Crippen LogP) is 9.22. The number of unbranched alkanes of at least 4 members (excludes halogenated alkanes) is 21. The number of hydrogen-bond acceptors (Lipinski definition) is 10. The molecule has 304 valence electrons. The Morgan fingerprint density at radius 1 is 0.569 bits per heavy atom. The van der Waals surface area contributed by atoms with Crippen LogP contribution in [0.1, 0.15) is 194 Å². The molecule has 3 unspecified atom stereocenters. The predicted molar refractivity (Wildman–Crippen MR) is 204 cm³/mol. The molecule has 0 aromatic rings. The maximum Gasteiger partial charge on any atom is 0.472 e. The van der Waals surface area contributed by atoms with Gasteiger partial charge in [-0.1, -0.05) is 155 Å². The van der Waals surface area contributed by atoms with Crippen molar-refractivity contribution in [2.24, 2.45) is 5.73 Å². The van der Waals surface area contributed by atoms with Crippen molar-refractivity contribution in [2.75, 3.05) is 26.4 Å². The fraction of sp³-hybridized carbons (Fsp3) is 0.949. The SMILES string of the molecule is CCCCCCCCCCCCCCCC(=O)OC[C@H](COP(=O)(O)OCCN)OC(=O)CCCCCCCCCC(O)C(O)CCCCCC. The lowest BCUT2D eigenvalue weighted by atomic mass is 10.00. The molecule has 0 amide bonds. The molecule has 0 saturated heterocycles. The minimum atomic E-state index is -4.40. The van der Waals surface area contributed by atoms with Gasteiger partial charge in [-0.15, -0.1) is 0 Å². The van der Waals surface area contributed by atoms with Crippen molar-refractivity contribution in [3.8, 4) is 0 Å². The zero-order valence-corrected chi connectivity index (χ0v) is 33.5. The second-order valence-corrected chi connectivity index (χ2v) is 15.6. The zero-order chi connectivity index (χ0) is 37.8. The van der Waals surface area contributed by atoms with Crippen molar-refractivity contribution < 1.29 is 47.8 Å². The maximum absolute atomic E-state index is 12.6. The molecule has 0 radical (unpaired) electrons. The monoisotopic (exact) mass is 752 g/mol. The van der Waals surface area contributed by atoms with Crippen LogP contribution in [-0.4, -0.2) is 71.7 Å². The Hall–Kier alpha value is -1.07. The van der Waals surface area contributed by atoms with Gasteiger partial charge in [0, 0.05) is 19.4 Å². The molecule has 0 saturated carbocycles. The third-order valence-electron chi connectivity index (χ3n) is 9.19. The van der Waals surface area contributed by atoms with E-state index in [1.807, 2.05) is 0 Å². The number of carbonyl (C=O) groups excluding carboxylic acids is 2. The Kier molecular flexibility index (Phi) is 35.2. The molecule has 4 atom stereocenters. The quantitative estimate of drug-likeness (QED) is 0.0268. The normalized spacial score (nSPS) is 14.5. The second kappa shape index (κ2) is 35.9. The summed E-state index contributed by atoms with van der Waals surface area (Å²) in [7, 11) is -4.40. The van der Waals surface area contributed by atoms with Crippen molar-refractivity contribution in [1.82, 2.24) is 0 Å². The number of carbonyl (C=O) groups is 2. The number of esters is 2. The third-order valence-corrected chi connectivity index (χ3v) is 10.2. The Balaban J connectivity index is 4.24. The van der Waals surface area contributed by atoms with Gasteiger partial charge in [0.05, 0.1) is 25.4 Å². The minimum Gasteiger partial charge on any atom is -0.462 e. The first kappa shape index (κ1) is 49.9. The van der Waals surface area contributed by atoms with Crippen molar-refractivity contribution in [1.29, 1.82) is 0 Å². The van der Waals surface area contributed by atoms with Crippen LogP contribution in [0.2, 0.25) is 0 Å². The Bertz CT molecular complexity index is 849. The van der Waals surface area contributed by atoms with Gasteiger partial charge in [0.2, 0.25) is 0 Å². The summed E-state index contributed by atoms with van der Waals surface area (Å²) in [5.41, 5.74) is 5.33. The van der Waals surface area contributed by atoms with E-state index in [-0.39, 0.29) is 32.6 Å². The van der Waals surface area contributed by atoms with Crippen LogP contribution < -0.4 is 5.73 Å². The summed E-state index contributed by atoms with van der Waals surface area (Å²) < 4.78 is 32.6. The fourth-order valence-electron chi connectivity index (χ4n) is 5.96. The lowest BCUT2D eigenvalue weighted by Crippen LogP contribution is -2.29. The summed E-state index contributed by atoms with van der Waals surface area (Å²) in [5, 5.41) is 20.3. The molecule has 51 heavy (non-hydrogen) atoms. The van der Waals surface area contributed by atoms with E-state index in [0.29, 0.717) is 19.3 Å². The van der Waals surface area contributed by atoms with Crippen LogP contribution in [0.25, 0.3) is 0 Å². The van der Waals surface area contributed by atoms with Gasteiger partial charge in [0.25, 0.3) is 0 Å². The molecule has 12 heteroatoms. The van der Waals surface area contributed by atoms with Crippen LogP contribution in [0.4, 0.5) is 0 Å². The van der Waals surface area contributed by atoms with Gasteiger partial charge < -0.3 is 30.3 Å². The van der Waals surface area contributed by atoms with Crippen LogP contribution in [0.3, 0.4) is 0 Å². The Morgan fingerprint density at radius 3 is 1.41 bits per heavy atom. The van der Waals surface area contributed by atoms with Gasteiger partial charge in [-0.25, -0.2) is 4.57 Å². The van der Waals surface area contributed by atoms with Crippen molar-refractivity contribution in [3.05, 3.63) is 0 Å². The highest BCUT2D eigenvalue weighted by molar-refractivity contribution is 7.47. The van der Waals surface area contributed by atoms with E-state index in [0.717, 1.165) is 83.5 Å². The molecule has 0 aliphatic heterocycles. The highest BCUT2D eigenvalue weighted by atomic mass is 31.2. The molecular formula is C39H78NO10P. The molecule has 0 aromatic heterocycles. The fourth-order valence-corrected chi connectivity index (χ4v) is 6.73. The van der Waals surface area contributed by atoms with Crippen LogP contribution in [0, 0.1) is 0 Å². The molecule has 0 aliphatic rings. The number of aliphatic hydroxyl groups excluding tert-OH is 2. The molecule has 5 N–H and O–H groups in total. The summed E-state index contributed by atoms with van der Waals surface area (Å²) in [6, 6.07) is 0. The number of ether oxygens (including phenoxy) is 2. The molecular weight excluding hydrogens is 673 g/mol. The first-order valence-corrected chi connectivity index (χ1v) is 22.2. The van der Waals surface area contributed by atoms with Crippen molar-refractivity contribution >= 4 is 19.8 Å². The third kappa shape index (κ3) is 34.4. The first-order valence-electron chi connectivity index (χ1n) is 20.7. The van der Waals surface area contributed by atoms with Crippen LogP contribution in [0.15, 0.2) is 0 Å². The lowest BCUT2D eigenvalue weighted by Gasteiger charge is -2.20. The average molecular weight is 752 g/mol. The topological polar surface area (TPSA) is 175 Å². The first-order chi connectivity index (χ1) is 24.6. The van der Waals surface area contributed by atoms with Gasteiger partial charge >= 0.3 is 19.8 Å². The van der Waals surface area contributed by atoms with Gasteiger partial charge in [0.15, 0.2) is 6.10 Å². The molecule has 0 fully saturated rings.